The molecule has 184 valence electrons. The molecule has 0 fully saturated rings. The van der Waals surface area contributed by atoms with Crippen molar-refractivity contribution in [2.75, 3.05) is 16.2 Å². The van der Waals surface area contributed by atoms with Gasteiger partial charge in [0.25, 0.3) is 11.4 Å². The van der Waals surface area contributed by atoms with E-state index in [0.29, 0.717) is 22.8 Å². The molecule has 1 heterocycles. The first-order valence-corrected chi connectivity index (χ1v) is 10.7. The Kier molecular flexibility index (Phi) is 7.66. The van der Waals surface area contributed by atoms with E-state index in [9.17, 15) is 20.2 Å². The lowest BCUT2D eigenvalue weighted by Crippen LogP contribution is -2.04. The minimum Gasteiger partial charge on any atom is -0.340 e. The third-order valence-electron chi connectivity index (χ3n) is 4.71. The van der Waals surface area contributed by atoms with E-state index in [0.717, 1.165) is 5.69 Å². The maximum atomic E-state index is 11.0. The second kappa shape index (κ2) is 11.6. The summed E-state index contributed by atoms with van der Waals surface area (Å²) >= 11 is 0. The third kappa shape index (κ3) is 7.13. The van der Waals surface area contributed by atoms with Crippen molar-refractivity contribution in [3.8, 4) is 0 Å². The first kappa shape index (κ1) is 24.4. The Bertz CT molecular complexity index is 1390. The van der Waals surface area contributed by atoms with Crippen molar-refractivity contribution < 1.29 is 9.85 Å². The smallest absolute Gasteiger partial charge is 0.270 e. The highest BCUT2D eigenvalue weighted by molar-refractivity contribution is 5.82. The number of hydrogen-bond acceptors (Lipinski definition) is 11. The van der Waals surface area contributed by atoms with Gasteiger partial charge in [-0.05, 0) is 12.1 Å². The summed E-state index contributed by atoms with van der Waals surface area (Å²) in [6, 6.07) is 23.0. The molecule has 13 nitrogen and oxygen atoms in total. The monoisotopic (exact) mass is 497 g/mol. The van der Waals surface area contributed by atoms with Gasteiger partial charge < -0.3 is 5.32 Å². The summed E-state index contributed by atoms with van der Waals surface area (Å²) in [5.41, 5.74) is 7.21. The zero-order valence-corrected chi connectivity index (χ0v) is 19.1. The molecule has 3 N–H and O–H groups in total. The molecule has 0 unspecified atom stereocenters. The van der Waals surface area contributed by atoms with Gasteiger partial charge in [0, 0.05) is 47.1 Å². The quantitative estimate of drug-likeness (QED) is 0.156. The molecule has 0 saturated carbocycles. The summed E-state index contributed by atoms with van der Waals surface area (Å²) < 4.78 is 0. The lowest BCUT2D eigenvalue weighted by atomic mass is 10.2. The maximum absolute atomic E-state index is 11.0. The fourth-order valence-electron chi connectivity index (χ4n) is 3.06. The largest absolute Gasteiger partial charge is 0.340 e. The Labute approximate surface area is 209 Å². The van der Waals surface area contributed by atoms with Crippen molar-refractivity contribution in [3.63, 3.8) is 0 Å². The SMILES string of the molecule is O=[N+]([O-])c1cccc(C=NNc2cc(Nc3ccccc3)nc(NN=Cc3cccc([N+](=O)[O-])c3)n2)c1. The van der Waals surface area contributed by atoms with E-state index < -0.39 is 9.85 Å². The Morgan fingerprint density at radius 1 is 0.676 bits per heavy atom. The number of para-hydroxylation sites is 1. The first-order chi connectivity index (χ1) is 18.0. The van der Waals surface area contributed by atoms with E-state index in [1.807, 2.05) is 30.3 Å². The van der Waals surface area contributed by atoms with Crippen LogP contribution in [0.4, 0.5) is 34.6 Å². The normalized spacial score (nSPS) is 10.9. The lowest BCUT2D eigenvalue weighted by Gasteiger charge is -2.09. The van der Waals surface area contributed by atoms with E-state index in [4.69, 9.17) is 0 Å². The summed E-state index contributed by atoms with van der Waals surface area (Å²) in [7, 11) is 0. The molecule has 0 atom stereocenters. The molecule has 0 aliphatic rings. The number of anilines is 4. The van der Waals surface area contributed by atoms with E-state index in [2.05, 4.69) is 36.3 Å². The fourth-order valence-corrected chi connectivity index (χ4v) is 3.06. The van der Waals surface area contributed by atoms with Crippen molar-refractivity contribution >= 4 is 47.1 Å². The Balaban J connectivity index is 1.53. The average Bonchev–Trinajstić information content (AvgIpc) is 2.89. The summed E-state index contributed by atoms with van der Waals surface area (Å²) in [4.78, 5) is 29.7. The second-order valence-corrected chi connectivity index (χ2v) is 7.40. The van der Waals surface area contributed by atoms with Gasteiger partial charge in [-0.1, -0.05) is 42.5 Å². The molecule has 3 aromatic carbocycles. The Hall–Kier alpha value is -5.72. The standard InChI is InChI=1S/C24H19N9O4/c34-32(35)20-10-4-6-17(12-20)15-25-30-23-14-22(27-19-8-2-1-3-9-19)28-24(29-23)31-26-16-18-7-5-11-21(13-18)33(36)37/h1-16H,(H3,27,28,29,30,31). The van der Waals surface area contributed by atoms with Crippen molar-refractivity contribution in [2.24, 2.45) is 10.2 Å². The number of nitrogens with zero attached hydrogens (tertiary/aromatic N) is 6. The minimum absolute atomic E-state index is 0.0478. The van der Waals surface area contributed by atoms with Crippen LogP contribution >= 0.6 is 0 Å². The molecule has 4 rings (SSSR count). The second-order valence-electron chi connectivity index (χ2n) is 7.40. The molecule has 0 aliphatic heterocycles. The van der Waals surface area contributed by atoms with Crippen LogP contribution in [0, 0.1) is 20.2 Å². The molecule has 0 saturated heterocycles. The summed E-state index contributed by atoms with van der Waals surface area (Å²) in [6.07, 6.45) is 2.83. The molecule has 0 spiro atoms. The van der Waals surface area contributed by atoms with Gasteiger partial charge in [0.05, 0.1) is 22.3 Å². The molecular formula is C24H19N9O4. The van der Waals surface area contributed by atoms with E-state index in [1.165, 1.54) is 36.7 Å². The van der Waals surface area contributed by atoms with Gasteiger partial charge in [-0.25, -0.2) is 5.43 Å². The predicted octanol–water partition coefficient (Wildman–Crippen LogP) is 4.93. The fraction of sp³-hybridized carbons (Fsp3) is 0. The van der Waals surface area contributed by atoms with Gasteiger partial charge in [0.1, 0.15) is 5.82 Å². The number of nitro benzene ring substituents is 2. The number of nitro groups is 2. The van der Waals surface area contributed by atoms with Crippen molar-refractivity contribution in [2.45, 2.75) is 0 Å². The predicted molar refractivity (Wildman–Crippen MR) is 140 cm³/mol. The summed E-state index contributed by atoms with van der Waals surface area (Å²) in [5.74, 6) is 0.862. The number of non-ortho nitro benzene ring substituents is 2. The van der Waals surface area contributed by atoms with Crippen LogP contribution in [0.25, 0.3) is 0 Å². The molecule has 4 aromatic rings. The molecule has 37 heavy (non-hydrogen) atoms. The van der Waals surface area contributed by atoms with Crippen LogP contribution in [0.15, 0.2) is 95.1 Å². The lowest BCUT2D eigenvalue weighted by molar-refractivity contribution is -0.385. The number of aromatic nitrogens is 2. The number of hydrazone groups is 2. The van der Waals surface area contributed by atoms with Crippen LogP contribution in [-0.2, 0) is 0 Å². The van der Waals surface area contributed by atoms with Gasteiger partial charge in [0.2, 0.25) is 5.95 Å². The molecule has 1 aromatic heterocycles. The van der Waals surface area contributed by atoms with Crippen LogP contribution in [0.3, 0.4) is 0 Å². The summed E-state index contributed by atoms with van der Waals surface area (Å²) in [6.45, 7) is 0. The highest BCUT2D eigenvalue weighted by atomic mass is 16.6. The van der Waals surface area contributed by atoms with E-state index >= 15 is 0 Å². The van der Waals surface area contributed by atoms with Crippen molar-refractivity contribution in [3.05, 3.63) is 116 Å². The molecule has 0 bridgehead atoms. The zero-order valence-electron chi connectivity index (χ0n) is 19.1. The van der Waals surface area contributed by atoms with Crippen molar-refractivity contribution in [1.82, 2.24) is 9.97 Å². The van der Waals surface area contributed by atoms with Gasteiger partial charge >= 0.3 is 0 Å². The molecule has 13 heteroatoms. The molecule has 0 amide bonds. The Morgan fingerprint density at radius 2 is 1.24 bits per heavy atom. The number of nitrogens with one attached hydrogen (secondary N) is 3. The number of hydrogen-bond donors (Lipinski definition) is 3. The Morgan fingerprint density at radius 3 is 1.84 bits per heavy atom. The molecule has 0 aliphatic carbocycles. The topological polar surface area (TPSA) is 173 Å². The van der Waals surface area contributed by atoms with Crippen LogP contribution < -0.4 is 16.2 Å². The molecule has 0 radical (unpaired) electrons. The number of rotatable bonds is 10. The van der Waals surface area contributed by atoms with Crippen LogP contribution in [0.2, 0.25) is 0 Å². The van der Waals surface area contributed by atoms with E-state index in [1.54, 1.807) is 30.3 Å². The first-order valence-electron chi connectivity index (χ1n) is 10.7. The number of benzene rings is 3. The molecular weight excluding hydrogens is 478 g/mol. The summed E-state index contributed by atoms with van der Waals surface area (Å²) in [5, 5.41) is 33.3. The van der Waals surface area contributed by atoms with Crippen molar-refractivity contribution in [1.29, 1.82) is 0 Å². The average molecular weight is 497 g/mol. The van der Waals surface area contributed by atoms with Crippen LogP contribution in [0.1, 0.15) is 11.1 Å². The van der Waals surface area contributed by atoms with E-state index in [-0.39, 0.29) is 17.3 Å². The van der Waals surface area contributed by atoms with Crippen LogP contribution in [-0.4, -0.2) is 32.2 Å². The zero-order chi connectivity index (χ0) is 26.0. The van der Waals surface area contributed by atoms with Gasteiger partial charge in [-0.15, -0.1) is 0 Å². The van der Waals surface area contributed by atoms with Gasteiger partial charge in [-0.2, -0.15) is 20.2 Å². The van der Waals surface area contributed by atoms with Gasteiger partial charge in [-0.3, -0.25) is 25.7 Å². The minimum atomic E-state index is -0.487. The van der Waals surface area contributed by atoms with Gasteiger partial charge in [0.15, 0.2) is 5.82 Å². The third-order valence-corrected chi connectivity index (χ3v) is 4.71. The van der Waals surface area contributed by atoms with Crippen LogP contribution in [0.5, 0.6) is 0 Å². The highest BCUT2D eigenvalue weighted by Crippen LogP contribution is 2.19. The highest BCUT2D eigenvalue weighted by Gasteiger charge is 2.07. The maximum Gasteiger partial charge on any atom is 0.270 e.